The van der Waals surface area contributed by atoms with Crippen molar-refractivity contribution in [1.29, 1.82) is 0 Å². The number of likely N-dealkylation sites (N-methyl/N-ethyl adjacent to an activating group) is 1. The molecule has 4 atom stereocenters. The summed E-state index contributed by atoms with van der Waals surface area (Å²) in [6.07, 6.45) is 5.59. The number of fused-ring (bicyclic) bond motifs is 2. The Morgan fingerprint density at radius 3 is 1.98 bits per heavy atom. The molecule has 1 fully saturated rings. The number of carboxylic acids is 1. The first-order valence-electron chi connectivity index (χ1n) is 20.2. The van der Waals surface area contributed by atoms with Gasteiger partial charge in [0.25, 0.3) is 0 Å². The number of Topliss-reactive ketones (excluding diaryl/α,β-unsaturated/α-hetero) is 1. The molecule has 13 heteroatoms. The van der Waals surface area contributed by atoms with Crippen molar-refractivity contribution in [2.75, 3.05) is 48.0 Å². The zero-order valence-corrected chi connectivity index (χ0v) is 34.5. The van der Waals surface area contributed by atoms with E-state index < -0.39 is 35.5 Å². The number of benzene rings is 3. The van der Waals surface area contributed by atoms with Crippen LogP contribution in [0, 0.1) is 11.8 Å². The molecule has 3 aliphatic rings. The molecule has 2 N–H and O–H groups in total. The zero-order valence-electron chi connectivity index (χ0n) is 34.5. The number of aromatic carboxylic acids is 1. The van der Waals surface area contributed by atoms with Crippen LogP contribution >= 0.6 is 0 Å². The van der Waals surface area contributed by atoms with Crippen molar-refractivity contribution in [1.82, 2.24) is 15.1 Å². The van der Waals surface area contributed by atoms with Crippen molar-refractivity contribution in [2.24, 2.45) is 11.8 Å². The number of carbonyl (C=O) groups excluding carboxylic acids is 4. The number of ether oxygens (including phenoxy) is 4. The standard InChI is InChI=1S/C45H57N3O10/c1-7-9-11-19-48(20-12-10-8-2)44(52)42-40-33-21-30(58-27-28-13-15-29(16-14-28)45(53)54)17-18-32(33)34(24-36(40)49)41(42)43(51)47(3)26-39(50)46-25-35-37(56-5)22-31(55-4)23-38(35)57-6/h13-18,21-23,34,40-42H,7-12,19-20,24-27H2,1-6H3,(H,46,50)(H,53,54). The molecule has 312 valence electrons. The molecule has 3 amide bonds. The number of hydrogen-bond acceptors (Lipinski definition) is 9. The molecule has 4 unspecified atom stereocenters. The summed E-state index contributed by atoms with van der Waals surface area (Å²) in [6.45, 7) is 5.24. The highest BCUT2D eigenvalue weighted by Crippen LogP contribution is 2.55. The van der Waals surface area contributed by atoms with Crippen LogP contribution in [0.1, 0.15) is 103 Å². The number of nitrogens with one attached hydrogen (secondary N) is 1. The molecular weight excluding hydrogens is 743 g/mol. The first kappa shape index (κ1) is 43.5. The molecule has 3 aromatic rings. The van der Waals surface area contributed by atoms with E-state index in [0.29, 0.717) is 47.2 Å². The van der Waals surface area contributed by atoms with Crippen molar-refractivity contribution in [2.45, 2.75) is 83.8 Å². The lowest BCUT2D eigenvalue weighted by Crippen LogP contribution is -2.56. The molecule has 13 nitrogen and oxygen atoms in total. The van der Waals surface area contributed by atoms with Crippen molar-refractivity contribution < 1.29 is 48.0 Å². The normalized spacial score (nSPS) is 17.9. The molecule has 0 radical (unpaired) electrons. The van der Waals surface area contributed by atoms with E-state index >= 15 is 0 Å². The van der Waals surface area contributed by atoms with Crippen molar-refractivity contribution in [3.63, 3.8) is 0 Å². The van der Waals surface area contributed by atoms with E-state index in [9.17, 15) is 29.1 Å². The van der Waals surface area contributed by atoms with Gasteiger partial charge in [0.1, 0.15) is 35.4 Å². The molecule has 0 spiro atoms. The highest BCUT2D eigenvalue weighted by molar-refractivity contribution is 6.01. The van der Waals surface area contributed by atoms with Crippen LogP contribution in [0.5, 0.6) is 23.0 Å². The van der Waals surface area contributed by atoms with Crippen LogP contribution in [0.25, 0.3) is 0 Å². The number of methoxy groups -OCH3 is 3. The number of hydrogen-bond donors (Lipinski definition) is 2. The molecule has 0 saturated heterocycles. The highest BCUT2D eigenvalue weighted by Gasteiger charge is 2.57. The molecule has 3 aliphatic carbocycles. The minimum absolute atomic E-state index is 0.0663. The summed E-state index contributed by atoms with van der Waals surface area (Å²) in [6, 6.07) is 15.3. The zero-order chi connectivity index (χ0) is 41.9. The summed E-state index contributed by atoms with van der Waals surface area (Å²) in [4.78, 5) is 71.6. The van der Waals surface area contributed by atoms with Crippen LogP contribution in [0.3, 0.4) is 0 Å². The minimum Gasteiger partial charge on any atom is -0.496 e. The van der Waals surface area contributed by atoms with E-state index in [-0.39, 0.29) is 49.3 Å². The molecule has 1 saturated carbocycles. The first-order valence-corrected chi connectivity index (χ1v) is 20.2. The van der Waals surface area contributed by atoms with E-state index in [1.165, 1.54) is 38.4 Å². The maximum absolute atomic E-state index is 14.9. The van der Waals surface area contributed by atoms with Gasteiger partial charge in [-0.25, -0.2) is 4.79 Å². The van der Waals surface area contributed by atoms with E-state index in [1.807, 2.05) is 17.0 Å². The third-order valence-corrected chi connectivity index (χ3v) is 11.3. The Bertz CT molecular complexity index is 1910. The summed E-state index contributed by atoms with van der Waals surface area (Å²) >= 11 is 0. The third-order valence-electron chi connectivity index (χ3n) is 11.3. The van der Waals surface area contributed by atoms with Crippen LogP contribution in [0.15, 0.2) is 54.6 Å². The van der Waals surface area contributed by atoms with Gasteiger partial charge in [-0.05, 0) is 53.8 Å². The van der Waals surface area contributed by atoms with Gasteiger partial charge in [0.2, 0.25) is 17.7 Å². The van der Waals surface area contributed by atoms with E-state index in [1.54, 1.807) is 37.4 Å². The maximum atomic E-state index is 14.9. The van der Waals surface area contributed by atoms with Gasteiger partial charge in [0.15, 0.2) is 0 Å². The SMILES string of the molecule is CCCCCN(CCCCC)C(=O)C1C2C(=O)CC(c3ccc(OCc4ccc(C(=O)O)cc4)cc32)C1C(=O)N(C)CC(=O)NCc1c(OC)cc(OC)cc1OC. The van der Waals surface area contributed by atoms with E-state index in [4.69, 9.17) is 18.9 Å². The molecule has 0 aliphatic heterocycles. The van der Waals surface area contributed by atoms with E-state index in [2.05, 4.69) is 19.2 Å². The summed E-state index contributed by atoms with van der Waals surface area (Å²) in [5.74, 6) is -3.39. The van der Waals surface area contributed by atoms with Crippen LogP contribution in [-0.2, 0) is 32.3 Å². The van der Waals surface area contributed by atoms with Crippen LogP contribution < -0.4 is 24.3 Å². The lowest BCUT2D eigenvalue weighted by atomic mass is 9.55. The summed E-state index contributed by atoms with van der Waals surface area (Å²) < 4.78 is 22.5. The van der Waals surface area contributed by atoms with Crippen molar-refractivity contribution in [3.05, 3.63) is 82.4 Å². The van der Waals surface area contributed by atoms with Crippen LogP contribution in [-0.4, -0.2) is 92.4 Å². The molecule has 3 aromatic carbocycles. The maximum Gasteiger partial charge on any atom is 0.335 e. The van der Waals surface area contributed by atoms with Crippen LogP contribution in [0.2, 0.25) is 0 Å². The molecule has 0 aromatic heterocycles. The van der Waals surface area contributed by atoms with Gasteiger partial charge in [-0.15, -0.1) is 0 Å². The second-order valence-corrected chi connectivity index (χ2v) is 15.1. The van der Waals surface area contributed by atoms with Gasteiger partial charge >= 0.3 is 5.97 Å². The first-order chi connectivity index (χ1) is 27.9. The second-order valence-electron chi connectivity index (χ2n) is 15.1. The Hall–Kier alpha value is -5.59. The smallest absolute Gasteiger partial charge is 0.335 e. The Balaban J connectivity index is 1.42. The second kappa shape index (κ2) is 20.2. The average Bonchev–Trinajstić information content (AvgIpc) is 3.23. The summed E-state index contributed by atoms with van der Waals surface area (Å²) in [5, 5.41) is 12.1. The average molecular weight is 800 g/mol. The largest absolute Gasteiger partial charge is 0.496 e. The highest BCUT2D eigenvalue weighted by atomic mass is 16.5. The topological polar surface area (TPSA) is 161 Å². The predicted octanol–water partition coefficient (Wildman–Crippen LogP) is 6.36. The molecule has 2 bridgehead atoms. The summed E-state index contributed by atoms with van der Waals surface area (Å²) in [5.41, 5.74) is 3.05. The minimum atomic E-state index is -1.02. The fraction of sp³-hybridized carbons (Fsp3) is 0.489. The van der Waals surface area contributed by atoms with E-state index in [0.717, 1.165) is 49.7 Å². The molecule has 58 heavy (non-hydrogen) atoms. The lowest BCUT2D eigenvalue weighted by molar-refractivity contribution is -0.154. The Morgan fingerprint density at radius 2 is 1.41 bits per heavy atom. The Kier molecular flexibility index (Phi) is 15.2. The fourth-order valence-electron chi connectivity index (χ4n) is 8.27. The van der Waals surface area contributed by atoms with Gasteiger partial charge in [-0.3, -0.25) is 19.2 Å². The number of ketones is 1. The summed E-state index contributed by atoms with van der Waals surface area (Å²) in [7, 11) is 6.11. The monoisotopic (exact) mass is 799 g/mol. The molecule has 6 rings (SSSR count). The Labute approximate surface area is 341 Å². The third kappa shape index (κ3) is 9.92. The van der Waals surface area contributed by atoms with Gasteiger partial charge in [0, 0.05) is 44.6 Å². The number of amides is 3. The number of carbonyl (C=O) groups is 5. The Morgan fingerprint density at radius 1 is 0.776 bits per heavy atom. The van der Waals surface area contributed by atoms with Gasteiger partial charge in [-0.2, -0.15) is 0 Å². The predicted molar refractivity (Wildman–Crippen MR) is 217 cm³/mol. The van der Waals surface area contributed by atoms with Gasteiger partial charge < -0.3 is 39.2 Å². The number of unbranched alkanes of at least 4 members (excludes halogenated alkanes) is 4. The fourth-order valence-corrected chi connectivity index (χ4v) is 8.27. The molecular formula is C45H57N3O10. The lowest BCUT2D eigenvalue weighted by Gasteiger charge is -2.49. The van der Waals surface area contributed by atoms with Crippen LogP contribution in [0.4, 0.5) is 0 Å². The van der Waals surface area contributed by atoms with Gasteiger partial charge in [-0.1, -0.05) is 57.7 Å². The van der Waals surface area contributed by atoms with Crippen molar-refractivity contribution >= 4 is 29.5 Å². The van der Waals surface area contributed by atoms with Gasteiger partial charge in [0.05, 0.1) is 63.3 Å². The quantitative estimate of drug-likeness (QED) is 0.116. The van der Waals surface area contributed by atoms with Crippen molar-refractivity contribution in [3.8, 4) is 23.0 Å². The number of nitrogens with zero attached hydrogens (tertiary/aromatic N) is 2. The number of rotatable bonds is 21. The number of carboxylic acid groups (broad SMARTS) is 1. The molecule has 0 heterocycles.